The lowest BCUT2D eigenvalue weighted by atomic mass is 10.2. The molecule has 0 fully saturated rings. The fraction of sp³-hybridized carbons (Fsp3) is 0.188. The molecule has 0 saturated carbocycles. The van der Waals surface area contributed by atoms with E-state index >= 15 is 0 Å². The Balaban J connectivity index is 2.28. The molecule has 0 aliphatic heterocycles. The van der Waals surface area contributed by atoms with Crippen molar-refractivity contribution in [2.75, 3.05) is 5.75 Å². The normalized spacial score (nSPS) is 10.1. The van der Waals surface area contributed by atoms with Gasteiger partial charge in [-0.3, -0.25) is 0 Å². The molecule has 20 heavy (non-hydrogen) atoms. The first-order valence-electron chi connectivity index (χ1n) is 6.32. The highest BCUT2D eigenvalue weighted by molar-refractivity contribution is 7.99. The number of thioether (sulfide) groups is 1. The second-order valence-electron chi connectivity index (χ2n) is 4.08. The lowest BCUT2D eigenvalue weighted by molar-refractivity contribution is 0.281. The average molecular weight is 285 g/mol. The van der Waals surface area contributed by atoms with Crippen molar-refractivity contribution >= 4 is 11.8 Å². The number of aliphatic hydroxyl groups excluding tert-OH is 1. The molecule has 0 bridgehead atoms. The molecule has 0 unspecified atom stereocenters. The minimum atomic E-state index is 0.00630. The summed E-state index contributed by atoms with van der Waals surface area (Å²) in [4.78, 5) is 0.930. The van der Waals surface area contributed by atoms with E-state index < -0.39 is 0 Å². The maximum absolute atomic E-state index is 9.31. The summed E-state index contributed by atoms with van der Waals surface area (Å²) in [6.07, 6.45) is 0. The lowest BCUT2D eigenvalue weighted by Crippen LogP contribution is -1.91. The molecule has 0 aliphatic rings. The first-order valence-corrected chi connectivity index (χ1v) is 7.30. The summed E-state index contributed by atoms with van der Waals surface area (Å²) >= 11 is 1.62. The molecule has 0 spiro atoms. The molecule has 0 amide bonds. The summed E-state index contributed by atoms with van der Waals surface area (Å²) in [7, 11) is 0. The number of hydrogen-bond acceptors (Lipinski definition) is 4. The van der Waals surface area contributed by atoms with Crippen LogP contribution in [-0.2, 0) is 6.61 Å². The topological polar surface area (TPSA) is 53.2 Å². The van der Waals surface area contributed by atoms with Crippen LogP contribution >= 0.6 is 11.8 Å². The minimum absolute atomic E-state index is 0.00630. The van der Waals surface area contributed by atoms with Crippen LogP contribution in [0.4, 0.5) is 0 Å². The van der Waals surface area contributed by atoms with E-state index in [1.165, 1.54) is 0 Å². The molecular formula is C16H15NO2S. The van der Waals surface area contributed by atoms with Crippen LogP contribution < -0.4 is 4.74 Å². The van der Waals surface area contributed by atoms with Crippen LogP contribution in [0.1, 0.15) is 18.1 Å². The van der Waals surface area contributed by atoms with Gasteiger partial charge < -0.3 is 9.84 Å². The number of aliphatic hydroxyl groups is 1. The highest BCUT2D eigenvalue weighted by Gasteiger charge is 2.10. The first-order chi connectivity index (χ1) is 9.78. The predicted octanol–water partition coefficient (Wildman–Crippen LogP) is 3.95. The molecule has 2 aromatic rings. The molecule has 2 rings (SSSR count). The first kappa shape index (κ1) is 14.4. The highest BCUT2D eigenvalue weighted by atomic mass is 32.2. The summed E-state index contributed by atoms with van der Waals surface area (Å²) in [6, 6.07) is 15.0. The van der Waals surface area contributed by atoms with Crippen molar-refractivity contribution in [3.63, 3.8) is 0 Å². The molecule has 0 saturated heterocycles. The molecule has 0 aromatic heterocycles. The number of benzene rings is 2. The molecule has 3 nitrogen and oxygen atoms in total. The van der Waals surface area contributed by atoms with Gasteiger partial charge in [0.2, 0.25) is 0 Å². The summed E-state index contributed by atoms with van der Waals surface area (Å²) in [5.74, 6) is 2.11. The van der Waals surface area contributed by atoms with Crippen LogP contribution in [0.5, 0.6) is 11.5 Å². The van der Waals surface area contributed by atoms with Crippen molar-refractivity contribution in [3.8, 4) is 17.6 Å². The van der Waals surface area contributed by atoms with Gasteiger partial charge in [-0.05, 0) is 35.6 Å². The quantitative estimate of drug-likeness (QED) is 0.845. The van der Waals surface area contributed by atoms with Crippen molar-refractivity contribution in [1.29, 1.82) is 5.26 Å². The fourth-order valence-corrected chi connectivity index (χ4v) is 2.55. The SMILES string of the molecule is CCSc1cccc(Oc2ccc(CO)cc2)c1C#N. The van der Waals surface area contributed by atoms with Crippen LogP contribution in [0.25, 0.3) is 0 Å². The van der Waals surface area contributed by atoms with Gasteiger partial charge in [0.25, 0.3) is 0 Å². The lowest BCUT2D eigenvalue weighted by Gasteiger charge is -2.10. The Morgan fingerprint density at radius 1 is 1.20 bits per heavy atom. The summed E-state index contributed by atoms with van der Waals surface area (Å²) < 4.78 is 5.77. The molecule has 4 heteroatoms. The van der Waals surface area contributed by atoms with Crippen molar-refractivity contribution in [2.45, 2.75) is 18.4 Å². The molecule has 0 heterocycles. The third-order valence-electron chi connectivity index (χ3n) is 2.73. The van der Waals surface area contributed by atoms with Crippen LogP contribution in [-0.4, -0.2) is 10.9 Å². The largest absolute Gasteiger partial charge is 0.456 e. The Kier molecular flexibility index (Phi) is 5.05. The van der Waals surface area contributed by atoms with E-state index in [-0.39, 0.29) is 6.61 Å². The molecule has 0 atom stereocenters. The minimum Gasteiger partial charge on any atom is -0.456 e. The number of nitriles is 1. The second-order valence-corrected chi connectivity index (χ2v) is 5.38. The van der Waals surface area contributed by atoms with E-state index in [4.69, 9.17) is 9.84 Å². The summed E-state index contributed by atoms with van der Waals surface area (Å²) in [6.45, 7) is 2.05. The molecule has 2 aromatic carbocycles. The monoisotopic (exact) mass is 285 g/mol. The highest BCUT2D eigenvalue weighted by Crippen LogP contribution is 2.32. The van der Waals surface area contributed by atoms with E-state index in [2.05, 4.69) is 6.07 Å². The molecule has 1 N–H and O–H groups in total. The van der Waals surface area contributed by atoms with Gasteiger partial charge >= 0.3 is 0 Å². The maximum atomic E-state index is 9.31. The Labute approximate surface area is 122 Å². The Morgan fingerprint density at radius 3 is 2.55 bits per heavy atom. The van der Waals surface area contributed by atoms with Crippen LogP contribution in [0.15, 0.2) is 47.4 Å². The van der Waals surface area contributed by atoms with E-state index in [0.29, 0.717) is 17.1 Å². The van der Waals surface area contributed by atoms with Crippen LogP contribution in [0.2, 0.25) is 0 Å². The van der Waals surface area contributed by atoms with Crippen molar-refractivity contribution in [2.24, 2.45) is 0 Å². The molecule has 0 aliphatic carbocycles. The van der Waals surface area contributed by atoms with E-state index in [1.54, 1.807) is 42.1 Å². The molecular weight excluding hydrogens is 270 g/mol. The zero-order chi connectivity index (χ0) is 14.4. The van der Waals surface area contributed by atoms with Gasteiger partial charge in [-0.15, -0.1) is 11.8 Å². The van der Waals surface area contributed by atoms with Gasteiger partial charge in [-0.1, -0.05) is 25.1 Å². The Bertz CT molecular complexity index is 617. The van der Waals surface area contributed by atoms with E-state index in [9.17, 15) is 5.26 Å². The smallest absolute Gasteiger partial charge is 0.146 e. The summed E-state index contributed by atoms with van der Waals surface area (Å²) in [5.41, 5.74) is 1.39. The zero-order valence-electron chi connectivity index (χ0n) is 11.2. The van der Waals surface area contributed by atoms with Crippen molar-refractivity contribution in [3.05, 3.63) is 53.6 Å². The van der Waals surface area contributed by atoms with Gasteiger partial charge in [0.15, 0.2) is 0 Å². The van der Waals surface area contributed by atoms with Gasteiger partial charge in [-0.2, -0.15) is 5.26 Å². The fourth-order valence-electron chi connectivity index (χ4n) is 1.77. The number of rotatable bonds is 5. The molecule has 102 valence electrons. The van der Waals surface area contributed by atoms with Crippen LogP contribution in [0, 0.1) is 11.3 Å². The van der Waals surface area contributed by atoms with E-state index in [0.717, 1.165) is 16.2 Å². The number of hydrogen-bond donors (Lipinski definition) is 1. The van der Waals surface area contributed by atoms with Gasteiger partial charge in [0.1, 0.15) is 23.1 Å². The van der Waals surface area contributed by atoms with Gasteiger partial charge in [-0.25, -0.2) is 0 Å². The standard InChI is InChI=1S/C16H15NO2S/c1-2-20-16-5-3-4-15(14(16)10-17)19-13-8-6-12(11-18)7-9-13/h3-9,18H,2,11H2,1H3. The average Bonchev–Trinajstić information content (AvgIpc) is 2.49. The molecule has 0 radical (unpaired) electrons. The van der Waals surface area contributed by atoms with Crippen molar-refractivity contribution in [1.82, 2.24) is 0 Å². The predicted molar refractivity (Wildman–Crippen MR) is 80.0 cm³/mol. The maximum Gasteiger partial charge on any atom is 0.146 e. The summed E-state index contributed by atoms with van der Waals surface area (Å²) in [5, 5.41) is 18.3. The van der Waals surface area contributed by atoms with Crippen LogP contribution in [0.3, 0.4) is 0 Å². The van der Waals surface area contributed by atoms with E-state index in [1.807, 2.05) is 19.1 Å². The Hall–Kier alpha value is -1.96. The van der Waals surface area contributed by atoms with Crippen molar-refractivity contribution < 1.29 is 9.84 Å². The third-order valence-corrected chi connectivity index (χ3v) is 3.67. The Morgan fingerprint density at radius 2 is 1.95 bits per heavy atom. The van der Waals surface area contributed by atoms with Gasteiger partial charge in [0.05, 0.1) is 6.61 Å². The second kappa shape index (κ2) is 6.99. The number of ether oxygens (including phenoxy) is 1. The van der Waals surface area contributed by atoms with Gasteiger partial charge in [0, 0.05) is 4.90 Å². The number of nitrogens with zero attached hydrogens (tertiary/aromatic N) is 1. The zero-order valence-corrected chi connectivity index (χ0v) is 12.0. The third kappa shape index (κ3) is 3.32.